The number of para-hydroxylation sites is 2. The monoisotopic (exact) mass is 454 g/mol. The molecular formula is C27H42N4O2. The van der Waals surface area contributed by atoms with Gasteiger partial charge in [0.15, 0.2) is 0 Å². The van der Waals surface area contributed by atoms with Crippen molar-refractivity contribution in [1.29, 1.82) is 0 Å². The number of fused-ring (bicyclic) bond motifs is 1. The first-order chi connectivity index (χ1) is 15.9. The maximum absolute atomic E-state index is 13.1. The summed E-state index contributed by atoms with van der Waals surface area (Å²) in [5, 5.41) is 3.13. The molecule has 182 valence electrons. The predicted molar refractivity (Wildman–Crippen MR) is 134 cm³/mol. The molecule has 2 aromatic rings. The van der Waals surface area contributed by atoms with Crippen LogP contribution in [0.3, 0.4) is 0 Å². The van der Waals surface area contributed by atoms with Gasteiger partial charge in [-0.3, -0.25) is 9.59 Å². The van der Waals surface area contributed by atoms with Crippen molar-refractivity contribution in [2.45, 2.75) is 104 Å². The van der Waals surface area contributed by atoms with Gasteiger partial charge in [0.05, 0.1) is 11.0 Å². The van der Waals surface area contributed by atoms with Crippen LogP contribution in [0.4, 0.5) is 0 Å². The Hall–Kier alpha value is -2.37. The van der Waals surface area contributed by atoms with E-state index in [9.17, 15) is 9.59 Å². The molecule has 0 spiro atoms. The van der Waals surface area contributed by atoms with Gasteiger partial charge in [0, 0.05) is 31.0 Å². The van der Waals surface area contributed by atoms with E-state index >= 15 is 0 Å². The van der Waals surface area contributed by atoms with E-state index in [-0.39, 0.29) is 29.8 Å². The number of benzene rings is 1. The van der Waals surface area contributed by atoms with Crippen LogP contribution in [0.25, 0.3) is 11.0 Å². The number of aryl methyl sites for hydroxylation is 1. The van der Waals surface area contributed by atoms with Gasteiger partial charge in [-0.1, -0.05) is 37.8 Å². The number of carbonyl (C=O) groups is 2. The van der Waals surface area contributed by atoms with Crippen molar-refractivity contribution in [3.05, 3.63) is 30.1 Å². The molecular weight excluding hydrogens is 412 g/mol. The summed E-state index contributed by atoms with van der Waals surface area (Å²) in [5.74, 6) is 1.58. The first-order valence-corrected chi connectivity index (χ1v) is 12.9. The molecule has 1 aliphatic rings. The van der Waals surface area contributed by atoms with Crippen LogP contribution in [0.1, 0.15) is 84.9 Å². The van der Waals surface area contributed by atoms with Gasteiger partial charge in [0.1, 0.15) is 12.4 Å². The number of carbonyl (C=O) groups excluding carboxylic acids is 2. The molecule has 2 amide bonds. The summed E-state index contributed by atoms with van der Waals surface area (Å²) in [5.41, 5.74) is 1.97. The first kappa shape index (κ1) is 25.3. The Morgan fingerprint density at radius 3 is 2.42 bits per heavy atom. The number of hydrogen-bond donors (Lipinski definition) is 1. The summed E-state index contributed by atoms with van der Waals surface area (Å²) in [7, 11) is 0. The van der Waals surface area contributed by atoms with E-state index in [1.165, 1.54) is 19.3 Å². The van der Waals surface area contributed by atoms with Crippen LogP contribution >= 0.6 is 0 Å². The lowest BCUT2D eigenvalue weighted by atomic mass is 9.89. The Balaban J connectivity index is 1.54. The molecule has 0 radical (unpaired) electrons. The van der Waals surface area contributed by atoms with Gasteiger partial charge in [-0.25, -0.2) is 4.98 Å². The van der Waals surface area contributed by atoms with Gasteiger partial charge in [-0.2, -0.15) is 0 Å². The second kappa shape index (κ2) is 12.2. The van der Waals surface area contributed by atoms with Gasteiger partial charge in [0.2, 0.25) is 11.8 Å². The number of amides is 2. The summed E-state index contributed by atoms with van der Waals surface area (Å²) < 4.78 is 2.10. The highest BCUT2D eigenvalue weighted by Gasteiger charge is 2.23. The lowest BCUT2D eigenvalue weighted by molar-refractivity contribution is -0.135. The second-order valence-corrected chi connectivity index (χ2v) is 10.0. The molecule has 6 heteroatoms. The lowest BCUT2D eigenvalue weighted by Gasteiger charge is -2.31. The molecule has 0 saturated heterocycles. The summed E-state index contributed by atoms with van der Waals surface area (Å²) in [6.45, 7) is 9.34. The summed E-state index contributed by atoms with van der Waals surface area (Å²) >= 11 is 0. The normalized spacial score (nSPS) is 14.8. The molecule has 1 N–H and O–H groups in total. The highest BCUT2D eigenvalue weighted by Crippen LogP contribution is 2.23. The van der Waals surface area contributed by atoms with E-state index in [4.69, 9.17) is 4.98 Å². The van der Waals surface area contributed by atoms with Crippen LogP contribution < -0.4 is 5.32 Å². The zero-order valence-corrected chi connectivity index (χ0v) is 21.0. The van der Waals surface area contributed by atoms with Crippen LogP contribution in [0, 0.1) is 5.92 Å². The van der Waals surface area contributed by atoms with Crippen LogP contribution in [0.5, 0.6) is 0 Å². The van der Waals surface area contributed by atoms with Crippen molar-refractivity contribution in [2.24, 2.45) is 5.92 Å². The molecule has 1 aromatic carbocycles. The van der Waals surface area contributed by atoms with Crippen LogP contribution in [-0.2, 0) is 22.6 Å². The Morgan fingerprint density at radius 2 is 1.73 bits per heavy atom. The van der Waals surface area contributed by atoms with Crippen LogP contribution in [0.15, 0.2) is 24.3 Å². The second-order valence-electron chi connectivity index (χ2n) is 10.0. The number of nitrogens with zero attached hydrogens (tertiary/aromatic N) is 3. The summed E-state index contributed by atoms with van der Waals surface area (Å²) in [6, 6.07) is 8.40. The Labute approximate surface area is 199 Å². The van der Waals surface area contributed by atoms with Gasteiger partial charge in [0.25, 0.3) is 0 Å². The fraction of sp³-hybridized carbons (Fsp3) is 0.667. The molecule has 3 rings (SSSR count). The zero-order chi connectivity index (χ0) is 23.8. The number of unbranched alkanes of at least 4 members (excludes halogenated alkanes) is 2. The standard InChI is InChI=1S/C27H42N4O2/c1-20(2)31(21(3)4)26(32)19-30-24-16-11-10-15-23(24)29-25(30)17-9-6-12-18-28-27(33)22-13-7-5-8-14-22/h10-11,15-16,20-22H,5-9,12-14,17-19H2,1-4H3,(H,28,33). The van der Waals surface area contributed by atoms with Crippen molar-refractivity contribution < 1.29 is 9.59 Å². The van der Waals surface area contributed by atoms with Crippen molar-refractivity contribution in [1.82, 2.24) is 19.8 Å². The van der Waals surface area contributed by atoms with Crippen molar-refractivity contribution in [3.63, 3.8) is 0 Å². The Bertz CT molecular complexity index is 904. The van der Waals surface area contributed by atoms with Crippen molar-refractivity contribution >= 4 is 22.8 Å². The number of nitrogens with one attached hydrogen (secondary N) is 1. The predicted octanol–water partition coefficient (Wildman–Crippen LogP) is 5.09. The van der Waals surface area contributed by atoms with E-state index in [2.05, 4.69) is 43.6 Å². The van der Waals surface area contributed by atoms with E-state index in [0.717, 1.165) is 61.9 Å². The topological polar surface area (TPSA) is 67.2 Å². The van der Waals surface area contributed by atoms with Crippen molar-refractivity contribution in [2.75, 3.05) is 6.54 Å². The van der Waals surface area contributed by atoms with E-state index < -0.39 is 0 Å². The van der Waals surface area contributed by atoms with Crippen LogP contribution in [0.2, 0.25) is 0 Å². The average molecular weight is 455 g/mol. The summed E-state index contributed by atoms with van der Waals surface area (Å²) in [6.07, 6.45) is 9.58. The van der Waals surface area contributed by atoms with E-state index in [0.29, 0.717) is 6.54 Å². The summed E-state index contributed by atoms with van der Waals surface area (Å²) in [4.78, 5) is 32.2. The Morgan fingerprint density at radius 1 is 1.03 bits per heavy atom. The molecule has 1 saturated carbocycles. The molecule has 0 aliphatic heterocycles. The molecule has 0 bridgehead atoms. The van der Waals surface area contributed by atoms with Gasteiger partial charge in [-0.05, 0) is 65.5 Å². The molecule has 1 heterocycles. The molecule has 0 unspecified atom stereocenters. The molecule has 0 atom stereocenters. The van der Waals surface area contributed by atoms with Crippen LogP contribution in [-0.4, -0.2) is 44.9 Å². The Kier molecular flexibility index (Phi) is 9.33. The van der Waals surface area contributed by atoms with E-state index in [1.807, 2.05) is 23.1 Å². The fourth-order valence-corrected chi connectivity index (χ4v) is 5.19. The minimum Gasteiger partial charge on any atom is -0.356 e. The SMILES string of the molecule is CC(C)N(C(=O)Cn1c(CCCCCNC(=O)C2CCCCC2)nc2ccccc21)C(C)C. The quantitative estimate of drug-likeness (QED) is 0.481. The van der Waals surface area contributed by atoms with E-state index in [1.54, 1.807) is 0 Å². The minimum atomic E-state index is 0.134. The van der Waals surface area contributed by atoms with Crippen molar-refractivity contribution in [3.8, 4) is 0 Å². The third kappa shape index (κ3) is 6.81. The number of aromatic nitrogens is 2. The molecule has 6 nitrogen and oxygen atoms in total. The molecule has 1 aliphatic carbocycles. The number of imidazole rings is 1. The zero-order valence-electron chi connectivity index (χ0n) is 21.0. The lowest BCUT2D eigenvalue weighted by Crippen LogP contribution is -2.43. The smallest absolute Gasteiger partial charge is 0.243 e. The van der Waals surface area contributed by atoms with Gasteiger partial charge >= 0.3 is 0 Å². The minimum absolute atomic E-state index is 0.134. The maximum atomic E-state index is 13.1. The third-order valence-electron chi connectivity index (χ3n) is 6.78. The highest BCUT2D eigenvalue weighted by atomic mass is 16.2. The molecule has 1 fully saturated rings. The highest BCUT2D eigenvalue weighted by molar-refractivity contribution is 5.81. The molecule has 33 heavy (non-hydrogen) atoms. The average Bonchev–Trinajstić information content (AvgIpc) is 3.13. The maximum Gasteiger partial charge on any atom is 0.243 e. The number of rotatable bonds is 11. The molecule has 1 aromatic heterocycles. The van der Waals surface area contributed by atoms with Gasteiger partial charge < -0.3 is 14.8 Å². The first-order valence-electron chi connectivity index (χ1n) is 12.9. The largest absolute Gasteiger partial charge is 0.356 e. The number of hydrogen-bond acceptors (Lipinski definition) is 3. The van der Waals surface area contributed by atoms with Gasteiger partial charge in [-0.15, -0.1) is 0 Å². The fourth-order valence-electron chi connectivity index (χ4n) is 5.19. The third-order valence-corrected chi connectivity index (χ3v) is 6.78.